The SMILES string of the molecule is O=C(O)c1sccc1OCc1ccc(Br)cn1. The fourth-order valence-corrected chi connectivity index (χ4v) is 2.12. The van der Waals surface area contributed by atoms with Gasteiger partial charge in [-0.15, -0.1) is 11.3 Å². The van der Waals surface area contributed by atoms with Gasteiger partial charge in [0.25, 0.3) is 0 Å². The number of rotatable bonds is 4. The van der Waals surface area contributed by atoms with E-state index in [4.69, 9.17) is 9.84 Å². The molecule has 1 N–H and O–H groups in total. The highest BCUT2D eigenvalue weighted by molar-refractivity contribution is 9.10. The van der Waals surface area contributed by atoms with E-state index in [9.17, 15) is 4.79 Å². The van der Waals surface area contributed by atoms with Crippen molar-refractivity contribution in [2.75, 3.05) is 0 Å². The fourth-order valence-electron chi connectivity index (χ4n) is 1.21. The van der Waals surface area contributed by atoms with Gasteiger partial charge < -0.3 is 9.84 Å². The molecule has 0 aliphatic heterocycles. The van der Waals surface area contributed by atoms with E-state index in [2.05, 4.69) is 20.9 Å². The van der Waals surface area contributed by atoms with Crippen LogP contribution >= 0.6 is 27.3 Å². The van der Waals surface area contributed by atoms with Crippen molar-refractivity contribution in [3.05, 3.63) is 44.8 Å². The summed E-state index contributed by atoms with van der Waals surface area (Å²) in [7, 11) is 0. The molecule has 17 heavy (non-hydrogen) atoms. The van der Waals surface area contributed by atoms with Crippen molar-refractivity contribution < 1.29 is 14.6 Å². The van der Waals surface area contributed by atoms with E-state index in [1.807, 2.05) is 12.1 Å². The number of aromatic nitrogens is 1. The standard InChI is InChI=1S/C11H8BrNO3S/c12-7-1-2-8(13-5-7)6-16-9-3-4-17-10(9)11(14)15/h1-5H,6H2,(H,14,15). The topological polar surface area (TPSA) is 59.4 Å². The monoisotopic (exact) mass is 313 g/mol. The third-order valence-corrected chi connectivity index (χ3v) is 3.34. The van der Waals surface area contributed by atoms with Crippen LogP contribution in [-0.2, 0) is 6.61 Å². The first-order valence-corrected chi connectivity index (χ1v) is 6.38. The molecule has 0 aliphatic carbocycles. The number of thiophene rings is 1. The van der Waals surface area contributed by atoms with E-state index < -0.39 is 5.97 Å². The fraction of sp³-hybridized carbons (Fsp3) is 0.0909. The highest BCUT2D eigenvalue weighted by atomic mass is 79.9. The van der Waals surface area contributed by atoms with Gasteiger partial charge in [-0.3, -0.25) is 4.98 Å². The maximum Gasteiger partial charge on any atom is 0.349 e. The van der Waals surface area contributed by atoms with Crippen molar-refractivity contribution >= 4 is 33.2 Å². The lowest BCUT2D eigenvalue weighted by Gasteiger charge is -2.04. The first-order valence-electron chi connectivity index (χ1n) is 4.71. The van der Waals surface area contributed by atoms with E-state index in [0.29, 0.717) is 5.75 Å². The number of carboxylic acid groups (broad SMARTS) is 1. The molecule has 0 fully saturated rings. The Bertz CT molecular complexity index is 524. The summed E-state index contributed by atoms with van der Waals surface area (Å²) in [6, 6.07) is 5.32. The molecular formula is C11H8BrNO3S. The molecule has 0 radical (unpaired) electrons. The van der Waals surface area contributed by atoms with Gasteiger partial charge in [-0.2, -0.15) is 0 Å². The molecule has 4 nitrogen and oxygen atoms in total. The average Bonchev–Trinajstić information content (AvgIpc) is 2.76. The summed E-state index contributed by atoms with van der Waals surface area (Å²) in [5.74, 6) is -0.592. The molecule has 0 atom stereocenters. The predicted octanol–water partition coefficient (Wildman–Crippen LogP) is 3.18. The molecule has 2 aromatic heterocycles. The van der Waals surface area contributed by atoms with Crippen LogP contribution in [-0.4, -0.2) is 16.1 Å². The first-order chi connectivity index (χ1) is 8.16. The summed E-state index contributed by atoms with van der Waals surface area (Å²) in [6.45, 7) is 0.254. The normalized spacial score (nSPS) is 10.2. The smallest absolute Gasteiger partial charge is 0.349 e. The molecule has 0 bridgehead atoms. The molecule has 0 aliphatic rings. The lowest BCUT2D eigenvalue weighted by Crippen LogP contribution is -2.01. The second-order valence-electron chi connectivity index (χ2n) is 3.18. The second-order valence-corrected chi connectivity index (χ2v) is 5.01. The first kappa shape index (κ1) is 12.1. The second kappa shape index (κ2) is 5.29. The molecule has 2 aromatic rings. The zero-order chi connectivity index (χ0) is 12.3. The highest BCUT2D eigenvalue weighted by Gasteiger charge is 2.12. The third kappa shape index (κ3) is 3.04. The summed E-state index contributed by atoms with van der Waals surface area (Å²) in [6.07, 6.45) is 1.67. The largest absolute Gasteiger partial charge is 0.486 e. The van der Waals surface area contributed by atoms with Gasteiger partial charge in [-0.05, 0) is 39.5 Å². The van der Waals surface area contributed by atoms with Gasteiger partial charge in [0.1, 0.15) is 12.4 Å². The van der Waals surface area contributed by atoms with E-state index in [1.165, 1.54) is 0 Å². The molecule has 0 amide bonds. The maximum absolute atomic E-state index is 10.8. The van der Waals surface area contributed by atoms with Crippen LogP contribution in [0.25, 0.3) is 0 Å². The van der Waals surface area contributed by atoms with Crippen molar-refractivity contribution in [2.45, 2.75) is 6.61 Å². The number of hydrogen-bond acceptors (Lipinski definition) is 4. The Labute approximate surface area is 110 Å². The maximum atomic E-state index is 10.8. The van der Waals surface area contributed by atoms with E-state index in [1.54, 1.807) is 17.6 Å². The number of hydrogen-bond donors (Lipinski definition) is 1. The molecule has 2 rings (SSSR count). The summed E-state index contributed by atoms with van der Waals surface area (Å²) < 4.78 is 6.31. The van der Waals surface area contributed by atoms with Crippen LogP contribution in [0.3, 0.4) is 0 Å². The summed E-state index contributed by atoms with van der Waals surface area (Å²) in [4.78, 5) is 15.2. The Balaban J connectivity index is 2.05. The Hall–Kier alpha value is -1.40. The van der Waals surface area contributed by atoms with Crippen LogP contribution in [0.5, 0.6) is 5.75 Å². The van der Waals surface area contributed by atoms with Crippen molar-refractivity contribution in [1.82, 2.24) is 4.98 Å². The minimum absolute atomic E-state index is 0.210. The number of ether oxygens (including phenoxy) is 1. The van der Waals surface area contributed by atoms with Crippen LogP contribution < -0.4 is 4.74 Å². The number of halogens is 1. The Kier molecular flexibility index (Phi) is 3.75. The molecule has 0 aromatic carbocycles. The van der Waals surface area contributed by atoms with Crippen molar-refractivity contribution in [1.29, 1.82) is 0 Å². The van der Waals surface area contributed by atoms with Crippen molar-refractivity contribution in [3.8, 4) is 5.75 Å². The zero-order valence-corrected chi connectivity index (χ0v) is 11.0. The summed E-state index contributed by atoms with van der Waals surface area (Å²) in [5.41, 5.74) is 0.746. The van der Waals surface area contributed by atoms with Crippen LogP contribution in [0.4, 0.5) is 0 Å². The molecule has 2 heterocycles. The number of aromatic carboxylic acids is 1. The average molecular weight is 314 g/mol. The van der Waals surface area contributed by atoms with Gasteiger partial charge in [-0.1, -0.05) is 0 Å². The summed E-state index contributed by atoms with van der Waals surface area (Å²) in [5, 5.41) is 10.6. The van der Waals surface area contributed by atoms with Gasteiger partial charge in [-0.25, -0.2) is 4.79 Å². The third-order valence-electron chi connectivity index (χ3n) is 1.99. The van der Waals surface area contributed by atoms with Crippen molar-refractivity contribution in [2.24, 2.45) is 0 Å². The van der Waals surface area contributed by atoms with E-state index in [0.717, 1.165) is 21.5 Å². The number of carbonyl (C=O) groups is 1. The van der Waals surface area contributed by atoms with E-state index in [-0.39, 0.29) is 11.5 Å². The van der Waals surface area contributed by atoms with Crippen molar-refractivity contribution in [3.63, 3.8) is 0 Å². The lowest BCUT2D eigenvalue weighted by atomic mass is 10.3. The molecule has 0 unspecified atom stereocenters. The number of pyridine rings is 1. The quantitative estimate of drug-likeness (QED) is 0.941. The van der Waals surface area contributed by atoms with Crippen LogP contribution in [0.1, 0.15) is 15.4 Å². The number of carboxylic acids is 1. The number of nitrogens with zero attached hydrogens (tertiary/aromatic N) is 1. The summed E-state index contributed by atoms with van der Waals surface area (Å²) >= 11 is 4.43. The van der Waals surface area contributed by atoms with E-state index >= 15 is 0 Å². The molecular weight excluding hydrogens is 306 g/mol. The van der Waals surface area contributed by atoms with Crippen LogP contribution in [0.15, 0.2) is 34.2 Å². The zero-order valence-electron chi connectivity index (χ0n) is 8.59. The minimum Gasteiger partial charge on any atom is -0.486 e. The van der Waals surface area contributed by atoms with Gasteiger partial charge in [0.05, 0.1) is 5.69 Å². The van der Waals surface area contributed by atoms with Crippen LogP contribution in [0.2, 0.25) is 0 Å². The highest BCUT2D eigenvalue weighted by Crippen LogP contribution is 2.25. The van der Waals surface area contributed by atoms with Gasteiger partial charge in [0.2, 0.25) is 0 Å². The predicted molar refractivity (Wildman–Crippen MR) is 67.5 cm³/mol. The Morgan fingerprint density at radius 1 is 1.47 bits per heavy atom. The Morgan fingerprint density at radius 2 is 2.29 bits per heavy atom. The van der Waals surface area contributed by atoms with Gasteiger partial charge >= 0.3 is 5.97 Å². The molecule has 0 saturated carbocycles. The minimum atomic E-state index is -0.973. The molecule has 0 spiro atoms. The van der Waals surface area contributed by atoms with Gasteiger partial charge in [0, 0.05) is 10.7 Å². The Morgan fingerprint density at radius 3 is 2.94 bits per heavy atom. The molecule has 88 valence electrons. The van der Waals surface area contributed by atoms with Crippen LogP contribution in [0, 0.1) is 0 Å². The molecule has 0 saturated heterocycles. The molecule has 6 heteroatoms. The lowest BCUT2D eigenvalue weighted by molar-refractivity contribution is 0.0697. The van der Waals surface area contributed by atoms with Gasteiger partial charge in [0.15, 0.2) is 4.88 Å².